The first kappa shape index (κ1) is 21.8. The molecule has 1 aliphatic heterocycles. The number of anilines is 1. The van der Waals surface area contributed by atoms with E-state index in [1.165, 1.54) is 13.2 Å². The second-order valence-corrected chi connectivity index (χ2v) is 7.47. The van der Waals surface area contributed by atoms with Crippen LogP contribution in [0, 0.1) is 0 Å². The number of aryl methyl sites for hydroxylation is 1. The molecule has 0 aromatic heterocycles. The third-order valence-corrected chi connectivity index (χ3v) is 5.16. The van der Waals surface area contributed by atoms with Crippen LogP contribution in [0.25, 0.3) is 0 Å². The number of nitrogens with one attached hydrogen (secondary N) is 2. The van der Waals surface area contributed by atoms with Crippen LogP contribution in [0.1, 0.15) is 42.1 Å². The number of hydrazine groups is 1. The highest BCUT2D eigenvalue weighted by Crippen LogP contribution is 2.24. The van der Waals surface area contributed by atoms with Crippen LogP contribution in [0.4, 0.5) is 5.69 Å². The number of methoxy groups -OCH3 is 1. The molecule has 8 heteroatoms. The summed E-state index contributed by atoms with van der Waals surface area (Å²) in [7, 11) is 1.44. The minimum atomic E-state index is -0.855. The number of nitrogens with zero attached hydrogens (tertiary/aromatic N) is 1. The Kier molecular flexibility index (Phi) is 7.07. The molecule has 1 heterocycles. The van der Waals surface area contributed by atoms with Crippen molar-refractivity contribution in [2.45, 2.75) is 38.6 Å². The Morgan fingerprint density at radius 2 is 1.93 bits per heavy atom. The zero-order valence-corrected chi connectivity index (χ0v) is 17.7. The Morgan fingerprint density at radius 3 is 2.60 bits per heavy atom. The van der Waals surface area contributed by atoms with E-state index in [-0.39, 0.29) is 17.9 Å². The molecule has 3 amide bonds. The summed E-state index contributed by atoms with van der Waals surface area (Å²) in [6.07, 6.45) is 3.10. The van der Waals surface area contributed by atoms with Gasteiger partial charge in [0.25, 0.3) is 11.8 Å². The molecule has 0 bridgehead atoms. The van der Waals surface area contributed by atoms with Crippen molar-refractivity contribution in [1.29, 1.82) is 0 Å². The smallest absolute Gasteiger partial charge is 0.269 e. The molecule has 1 atom stereocenters. The van der Waals surface area contributed by atoms with Gasteiger partial charge in [-0.15, -0.1) is 0 Å². The SMILES string of the molecule is CCCCc1ccc(N2C(=O)C[C@@H](NNC(=O)c3cc(Cl)ccc3OC)C2=O)cc1. The molecular formula is C22H24ClN3O4. The maximum Gasteiger partial charge on any atom is 0.269 e. The highest BCUT2D eigenvalue weighted by Gasteiger charge is 2.39. The lowest BCUT2D eigenvalue weighted by atomic mass is 10.1. The molecule has 2 N–H and O–H groups in total. The number of unbranched alkanes of at least 4 members (excludes halogenated alkanes) is 1. The lowest BCUT2D eigenvalue weighted by molar-refractivity contribution is -0.121. The predicted octanol–water partition coefficient (Wildman–Crippen LogP) is 3.26. The molecule has 0 aliphatic carbocycles. The van der Waals surface area contributed by atoms with E-state index < -0.39 is 17.9 Å². The Bertz CT molecular complexity index is 946. The van der Waals surface area contributed by atoms with Crippen molar-refractivity contribution in [1.82, 2.24) is 10.9 Å². The van der Waals surface area contributed by atoms with Gasteiger partial charge in [0.2, 0.25) is 5.91 Å². The first-order chi connectivity index (χ1) is 14.4. The molecule has 0 radical (unpaired) electrons. The second-order valence-electron chi connectivity index (χ2n) is 7.04. The summed E-state index contributed by atoms with van der Waals surface area (Å²) in [6.45, 7) is 2.13. The molecule has 0 unspecified atom stereocenters. The number of rotatable bonds is 8. The van der Waals surface area contributed by atoms with Crippen molar-refractivity contribution in [3.8, 4) is 5.75 Å². The largest absolute Gasteiger partial charge is 0.496 e. The summed E-state index contributed by atoms with van der Waals surface area (Å²) in [5, 5.41) is 0.377. The van der Waals surface area contributed by atoms with Gasteiger partial charge < -0.3 is 4.74 Å². The van der Waals surface area contributed by atoms with Gasteiger partial charge in [-0.2, -0.15) is 0 Å². The van der Waals surface area contributed by atoms with Crippen LogP contribution in [0.3, 0.4) is 0 Å². The number of carbonyl (C=O) groups is 3. The Hall–Kier alpha value is -2.90. The lowest BCUT2D eigenvalue weighted by Crippen LogP contribution is -2.48. The van der Waals surface area contributed by atoms with Crippen molar-refractivity contribution in [2.75, 3.05) is 12.0 Å². The quantitative estimate of drug-likeness (QED) is 0.496. The average molecular weight is 430 g/mol. The van der Waals surface area contributed by atoms with Gasteiger partial charge in [0.05, 0.1) is 24.8 Å². The van der Waals surface area contributed by atoms with E-state index in [1.807, 2.05) is 12.1 Å². The van der Waals surface area contributed by atoms with Gasteiger partial charge in [0, 0.05) is 5.02 Å². The molecular weight excluding hydrogens is 406 g/mol. The predicted molar refractivity (Wildman–Crippen MR) is 115 cm³/mol. The normalized spacial score (nSPS) is 16.1. The number of hydrogen-bond acceptors (Lipinski definition) is 5. The van der Waals surface area contributed by atoms with E-state index in [4.69, 9.17) is 16.3 Å². The Balaban J connectivity index is 1.65. The summed E-state index contributed by atoms with van der Waals surface area (Å²) in [5.74, 6) is -0.918. The van der Waals surface area contributed by atoms with Gasteiger partial charge in [-0.05, 0) is 48.7 Å². The van der Waals surface area contributed by atoms with E-state index in [1.54, 1.807) is 24.3 Å². The first-order valence-corrected chi connectivity index (χ1v) is 10.2. The lowest BCUT2D eigenvalue weighted by Gasteiger charge is -2.17. The standard InChI is InChI=1S/C22H24ClN3O4/c1-3-4-5-14-6-9-16(10-7-14)26-20(27)13-18(22(26)29)24-25-21(28)17-12-15(23)8-11-19(17)30-2/h6-12,18,24H,3-5,13H2,1-2H3,(H,25,28)/t18-/m1/s1. The van der Waals surface area contributed by atoms with Crippen LogP contribution < -0.4 is 20.5 Å². The van der Waals surface area contributed by atoms with E-state index in [0.717, 1.165) is 29.7 Å². The van der Waals surface area contributed by atoms with Gasteiger partial charge in [-0.3, -0.25) is 19.8 Å². The third-order valence-electron chi connectivity index (χ3n) is 4.93. The van der Waals surface area contributed by atoms with E-state index in [9.17, 15) is 14.4 Å². The molecule has 2 aromatic rings. The molecule has 0 saturated carbocycles. The van der Waals surface area contributed by atoms with Crippen molar-refractivity contribution < 1.29 is 19.1 Å². The van der Waals surface area contributed by atoms with Crippen molar-refractivity contribution >= 4 is 35.0 Å². The first-order valence-electron chi connectivity index (χ1n) is 9.79. The fourth-order valence-corrected chi connectivity index (χ4v) is 3.46. The third kappa shape index (κ3) is 4.80. The molecule has 3 rings (SSSR count). The summed E-state index contributed by atoms with van der Waals surface area (Å²) in [6, 6.07) is 11.2. The highest BCUT2D eigenvalue weighted by molar-refractivity contribution is 6.31. The molecule has 1 aliphatic rings. The van der Waals surface area contributed by atoms with E-state index in [0.29, 0.717) is 16.5 Å². The van der Waals surface area contributed by atoms with Crippen LogP contribution in [0.15, 0.2) is 42.5 Å². The molecule has 1 fully saturated rings. The monoisotopic (exact) mass is 429 g/mol. The maximum atomic E-state index is 12.7. The second kappa shape index (κ2) is 9.73. The number of benzene rings is 2. The van der Waals surface area contributed by atoms with E-state index in [2.05, 4.69) is 17.8 Å². The summed E-state index contributed by atoms with van der Waals surface area (Å²) < 4.78 is 5.16. The minimum Gasteiger partial charge on any atom is -0.496 e. The molecule has 158 valence electrons. The number of hydrogen-bond donors (Lipinski definition) is 2. The number of halogens is 1. The Morgan fingerprint density at radius 1 is 1.20 bits per heavy atom. The zero-order chi connectivity index (χ0) is 21.7. The maximum absolute atomic E-state index is 12.7. The molecule has 2 aromatic carbocycles. The number of carbonyl (C=O) groups excluding carboxylic acids is 3. The summed E-state index contributed by atoms with van der Waals surface area (Å²) >= 11 is 5.95. The molecule has 7 nitrogen and oxygen atoms in total. The van der Waals surface area contributed by atoms with Crippen LogP contribution in [0.5, 0.6) is 5.75 Å². The number of amides is 3. The summed E-state index contributed by atoms with van der Waals surface area (Å²) in [5.41, 5.74) is 7.04. The topological polar surface area (TPSA) is 87.7 Å². The minimum absolute atomic E-state index is 0.0522. The van der Waals surface area contributed by atoms with Gasteiger partial charge in [0.15, 0.2) is 0 Å². The fraction of sp³-hybridized carbons (Fsp3) is 0.318. The van der Waals surface area contributed by atoms with Crippen molar-refractivity contribution in [3.63, 3.8) is 0 Å². The van der Waals surface area contributed by atoms with Crippen LogP contribution in [0.2, 0.25) is 5.02 Å². The molecule has 1 saturated heterocycles. The number of imide groups is 1. The van der Waals surface area contributed by atoms with Gasteiger partial charge in [-0.25, -0.2) is 10.3 Å². The van der Waals surface area contributed by atoms with Gasteiger partial charge in [-0.1, -0.05) is 37.1 Å². The van der Waals surface area contributed by atoms with Crippen LogP contribution in [-0.2, 0) is 16.0 Å². The molecule has 30 heavy (non-hydrogen) atoms. The number of ether oxygens (including phenoxy) is 1. The zero-order valence-electron chi connectivity index (χ0n) is 16.9. The Labute approximate surface area is 180 Å². The summed E-state index contributed by atoms with van der Waals surface area (Å²) in [4.78, 5) is 38.8. The van der Waals surface area contributed by atoms with Crippen LogP contribution in [-0.4, -0.2) is 30.9 Å². The van der Waals surface area contributed by atoms with Gasteiger partial charge in [0.1, 0.15) is 11.8 Å². The van der Waals surface area contributed by atoms with Gasteiger partial charge >= 0.3 is 0 Å². The molecule has 0 spiro atoms. The fourth-order valence-electron chi connectivity index (χ4n) is 3.29. The van der Waals surface area contributed by atoms with Crippen LogP contribution >= 0.6 is 11.6 Å². The van der Waals surface area contributed by atoms with E-state index >= 15 is 0 Å². The van der Waals surface area contributed by atoms with Crippen molar-refractivity contribution in [3.05, 3.63) is 58.6 Å². The van der Waals surface area contributed by atoms with Crippen molar-refractivity contribution in [2.24, 2.45) is 0 Å². The highest BCUT2D eigenvalue weighted by atomic mass is 35.5. The average Bonchev–Trinajstić information content (AvgIpc) is 3.04.